The van der Waals surface area contributed by atoms with Gasteiger partial charge >= 0.3 is 5.97 Å². The Kier molecular flexibility index (Phi) is 4.77. The molecular weight excluding hydrogens is 326 g/mol. The molecule has 2 aromatic carbocycles. The summed E-state index contributed by atoms with van der Waals surface area (Å²) in [6, 6.07) is 18.0. The van der Waals surface area contributed by atoms with Crippen molar-refractivity contribution < 1.29 is 14.6 Å². The van der Waals surface area contributed by atoms with E-state index in [1.54, 1.807) is 30.5 Å². The lowest BCUT2D eigenvalue weighted by Gasteiger charge is -2.08. The molecule has 0 saturated carbocycles. The Morgan fingerprint density at radius 2 is 1.79 bits per heavy atom. The van der Waals surface area contributed by atoms with Crippen molar-refractivity contribution in [2.24, 2.45) is 0 Å². The van der Waals surface area contributed by atoms with Crippen molar-refractivity contribution in [3.05, 3.63) is 83.1 Å². The Morgan fingerprint density at radius 1 is 1.04 bits per heavy atom. The standard InChI is InChI=1S/C19H14ClNO3/c20-18-9-6-16(11-21-18)14-4-7-17(8-5-14)24-12-13-2-1-3-15(10-13)19(22)23/h1-11H,12H2,(H,22,23). The first-order chi connectivity index (χ1) is 11.6. The first kappa shape index (κ1) is 16.0. The summed E-state index contributed by atoms with van der Waals surface area (Å²) in [7, 11) is 0. The second-order valence-corrected chi connectivity index (χ2v) is 5.58. The van der Waals surface area contributed by atoms with Crippen LogP contribution in [0, 0.1) is 0 Å². The number of hydrogen-bond donors (Lipinski definition) is 1. The topological polar surface area (TPSA) is 59.4 Å². The number of halogens is 1. The van der Waals surface area contributed by atoms with Crippen LogP contribution in [0.5, 0.6) is 5.75 Å². The lowest BCUT2D eigenvalue weighted by atomic mass is 10.1. The average molecular weight is 340 g/mol. The summed E-state index contributed by atoms with van der Waals surface area (Å²) in [6.07, 6.45) is 1.72. The molecule has 0 aliphatic heterocycles. The third-order valence-electron chi connectivity index (χ3n) is 3.49. The summed E-state index contributed by atoms with van der Waals surface area (Å²) in [5, 5.41) is 9.46. The fourth-order valence-corrected chi connectivity index (χ4v) is 2.36. The van der Waals surface area contributed by atoms with E-state index in [4.69, 9.17) is 21.4 Å². The smallest absolute Gasteiger partial charge is 0.335 e. The van der Waals surface area contributed by atoms with Gasteiger partial charge in [0.05, 0.1) is 5.56 Å². The van der Waals surface area contributed by atoms with Crippen LogP contribution in [0.15, 0.2) is 66.9 Å². The Labute approximate surface area is 144 Å². The summed E-state index contributed by atoms with van der Waals surface area (Å²) in [6.45, 7) is 0.308. The number of nitrogens with zero attached hydrogens (tertiary/aromatic N) is 1. The molecule has 0 fully saturated rings. The molecule has 120 valence electrons. The molecule has 0 unspecified atom stereocenters. The van der Waals surface area contributed by atoms with Gasteiger partial charge in [-0.25, -0.2) is 9.78 Å². The first-order valence-electron chi connectivity index (χ1n) is 7.29. The lowest BCUT2D eigenvalue weighted by Crippen LogP contribution is -2.00. The molecule has 4 nitrogen and oxygen atoms in total. The second kappa shape index (κ2) is 7.15. The summed E-state index contributed by atoms with van der Waals surface area (Å²) in [5.74, 6) is -0.237. The molecule has 0 atom stereocenters. The number of rotatable bonds is 5. The SMILES string of the molecule is O=C(O)c1cccc(COc2ccc(-c3ccc(Cl)nc3)cc2)c1. The Bertz CT molecular complexity index is 845. The van der Waals surface area contributed by atoms with Crippen molar-refractivity contribution in [1.82, 2.24) is 4.98 Å². The summed E-state index contributed by atoms with van der Waals surface area (Å²) >= 11 is 5.79. The third kappa shape index (κ3) is 3.91. The van der Waals surface area contributed by atoms with Crippen LogP contribution in [0.1, 0.15) is 15.9 Å². The van der Waals surface area contributed by atoms with E-state index < -0.39 is 5.97 Å². The summed E-state index contributed by atoms with van der Waals surface area (Å²) < 4.78 is 5.71. The van der Waals surface area contributed by atoms with Crippen LogP contribution in [-0.2, 0) is 6.61 Å². The van der Waals surface area contributed by atoms with Crippen molar-refractivity contribution in [3.8, 4) is 16.9 Å². The predicted molar refractivity (Wildman–Crippen MR) is 92.4 cm³/mol. The highest BCUT2D eigenvalue weighted by Crippen LogP contribution is 2.23. The van der Waals surface area contributed by atoms with Crippen LogP contribution in [0.4, 0.5) is 0 Å². The monoisotopic (exact) mass is 339 g/mol. The van der Waals surface area contributed by atoms with Gasteiger partial charge in [0.1, 0.15) is 17.5 Å². The van der Waals surface area contributed by atoms with Gasteiger partial charge in [0.25, 0.3) is 0 Å². The molecule has 0 radical (unpaired) electrons. The van der Waals surface area contributed by atoms with Crippen LogP contribution < -0.4 is 4.74 Å². The Hall–Kier alpha value is -2.85. The van der Waals surface area contributed by atoms with Crippen LogP contribution in [-0.4, -0.2) is 16.1 Å². The molecule has 24 heavy (non-hydrogen) atoms. The molecule has 0 amide bonds. The maximum absolute atomic E-state index is 11.0. The van der Waals surface area contributed by atoms with Crippen molar-refractivity contribution in [2.75, 3.05) is 0 Å². The minimum atomic E-state index is -0.947. The predicted octanol–water partition coefficient (Wildman–Crippen LogP) is 4.68. The zero-order valence-corrected chi connectivity index (χ0v) is 13.4. The molecular formula is C19H14ClNO3. The summed E-state index contributed by atoms with van der Waals surface area (Å²) in [5.41, 5.74) is 3.04. The van der Waals surface area contributed by atoms with E-state index in [-0.39, 0.29) is 5.56 Å². The number of pyridine rings is 1. The maximum Gasteiger partial charge on any atom is 0.335 e. The zero-order valence-electron chi connectivity index (χ0n) is 12.6. The number of hydrogen-bond acceptors (Lipinski definition) is 3. The first-order valence-corrected chi connectivity index (χ1v) is 7.66. The van der Waals surface area contributed by atoms with Gasteiger partial charge in [-0.3, -0.25) is 0 Å². The number of carboxylic acid groups (broad SMARTS) is 1. The molecule has 1 heterocycles. The van der Waals surface area contributed by atoms with Crippen molar-refractivity contribution in [2.45, 2.75) is 6.61 Å². The van der Waals surface area contributed by atoms with Crippen LogP contribution in [0.25, 0.3) is 11.1 Å². The maximum atomic E-state index is 11.0. The number of aromatic nitrogens is 1. The van der Waals surface area contributed by atoms with E-state index >= 15 is 0 Å². The van der Waals surface area contributed by atoms with Crippen LogP contribution >= 0.6 is 11.6 Å². The summed E-state index contributed by atoms with van der Waals surface area (Å²) in [4.78, 5) is 15.0. The highest BCUT2D eigenvalue weighted by atomic mass is 35.5. The van der Waals surface area contributed by atoms with E-state index in [1.165, 1.54) is 0 Å². The third-order valence-corrected chi connectivity index (χ3v) is 3.72. The van der Waals surface area contributed by atoms with Crippen LogP contribution in [0.2, 0.25) is 5.15 Å². The van der Waals surface area contributed by atoms with E-state index in [0.717, 1.165) is 16.7 Å². The van der Waals surface area contributed by atoms with Gasteiger partial charge in [-0.05, 0) is 47.5 Å². The fourth-order valence-electron chi connectivity index (χ4n) is 2.25. The van der Waals surface area contributed by atoms with Gasteiger partial charge in [-0.1, -0.05) is 35.9 Å². The number of aromatic carboxylic acids is 1. The van der Waals surface area contributed by atoms with Crippen molar-refractivity contribution in [1.29, 1.82) is 0 Å². The van der Waals surface area contributed by atoms with Crippen LogP contribution in [0.3, 0.4) is 0 Å². The number of carbonyl (C=O) groups is 1. The minimum Gasteiger partial charge on any atom is -0.489 e. The highest BCUT2D eigenvalue weighted by molar-refractivity contribution is 6.29. The van der Waals surface area contributed by atoms with Gasteiger partial charge in [0.2, 0.25) is 0 Å². The molecule has 3 aromatic rings. The molecule has 1 aromatic heterocycles. The van der Waals surface area contributed by atoms with E-state index in [2.05, 4.69) is 4.98 Å². The number of ether oxygens (including phenoxy) is 1. The quantitative estimate of drug-likeness (QED) is 0.686. The molecule has 0 aliphatic carbocycles. The molecule has 0 spiro atoms. The van der Waals surface area contributed by atoms with E-state index in [0.29, 0.717) is 17.5 Å². The second-order valence-electron chi connectivity index (χ2n) is 5.19. The average Bonchev–Trinajstić information content (AvgIpc) is 2.61. The van der Waals surface area contributed by atoms with Gasteiger partial charge < -0.3 is 9.84 Å². The molecule has 1 N–H and O–H groups in total. The highest BCUT2D eigenvalue weighted by Gasteiger charge is 2.04. The Balaban J connectivity index is 1.67. The fraction of sp³-hybridized carbons (Fsp3) is 0.0526. The molecule has 0 aliphatic rings. The van der Waals surface area contributed by atoms with E-state index in [1.807, 2.05) is 36.4 Å². The lowest BCUT2D eigenvalue weighted by molar-refractivity contribution is 0.0696. The van der Waals surface area contributed by atoms with E-state index in [9.17, 15) is 4.79 Å². The largest absolute Gasteiger partial charge is 0.489 e. The van der Waals surface area contributed by atoms with Gasteiger partial charge in [-0.15, -0.1) is 0 Å². The number of carboxylic acids is 1. The molecule has 0 bridgehead atoms. The zero-order chi connectivity index (χ0) is 16.9. The molecule has 3 rings (SSSR count). The normalized spacial score (nSPS) is 10.4. The molecule has 5 heteroatoms. The van der Waals surface area contributed by atoms with Crippen molar-refractivity contribution >= 4 is 17.6 Å². The van der Waals surface area contributed by atoms with Crippen molar-refractivity contribution in [3.63, 3.8) is 0 Å². The van der Waals surface area contributed by atoms with Gasteiger partial charge in [0.15, 0.2) is 0 Å². The van der Waals surface area contributed by atoms with Gasteiger partial charge in [0, 0.05) is 11.8 Å². The Morgan fingerprint density at radius 3 is 2.46 bits per heavy atom. The van der Waals surface area contributed by atoms with Gasteiger partial charge in [-0.2, -0.15) is 0 Å². The molecule has 0 saturated heterocycles. The number of benzene rings is 2. The minimum absolute atomic E-state index is 0.252.